The first-order valence-corrected chi connectivity index (χ1v) is 4.34. The Kier molecular flexibility index (Phi) is 2.16. The zero-order valence-corrected chi connectivity index (χ0v) is 7.03. The lowest BCUT2D eigenvalue weighted by Gasteiger charge is -2.11. The molecular formula is C10H12N2. The molecule has 0 atom stereocenters. The molecule has 2 aliphatic heterocycles. The Hall–Kier alpha value is -1.18. The van der Waals surface area contributed by atoms with Crippen LogP contribution in [0.1, 0.15) is 12.8 Å². The molecule has 0 aromatic heterocycles. The normalized spacial score (nSPS) is 22.0. The van der Waals surface area contributed by atoms with Crippen molar-refractivity contribution >= 4 is 11.4 Å². The second kappa shape index (κ2) is 3.48. The quantitative estimate of drug-likeness (QED) is 0.522. The fourth-order valence-electron chi connectivity index (χ4n) is 1.41. The van der Waals surface area contributed by atoms with E-state index >= 15 is 0 Å². The maximum absolute atomic E-state index is 4.42. The molecule has 2 heteroatoms. The Morgan fingerprint density at radius 1 is 0.750 bits per heavy atom. The molecule has 0 fully saturated rings. The molecule has 2 nitrogen and oxygen atoms in total. The second-order valence-corrected chi connectivity index (χ2v) is 2.93. The van der Waals surface area contributed by atoms with Crippen LogP contribution in [-0.2, 0) is 0 Å². The summed E-state index contributed by atoms with van der Waals surface area (Å²) in [4.78, 5) is 8.84. The van der Waals surface area contributed by atoms with E-state index in [-0.39, 0.29) is 0 Å². The number of aliphatic imine (C=N–C) groups is 2. The molecule has 0 aliphatic carbocycles. The largest absolute Gasteiger partial charge is 0.283 e. The molecule has 2 aliphatic rings. The molecule has 0 spiro atoms. The summed E-state index contributed by atoms with van der Waals surface area (Å²) in [5, 5.41) is 0. The van der Waals surface area contributed by atoms with Gasteiger partial charge in [-0.15, -0.1) is 0 Å². The van der Waals surface area contributed by atoms with Gasteiger partial charge in [0, 0.05) is 12.8 Å². The highest BCUT2D eigenvalue weighted by atomic mass is 14.8. The van der Waals surface area contributed by atoms with Gasteiger partial charge in [0.05, 0.1) is 24.5 Å². The van der Waals surface area contributed by atoms with E-state index in [0.29, 0.717) is 0 Å². The van der Waals surface area contributed by atoms with Crippen LogP contribution in [0.3, 0.4) is 0 Å². The van der Waals surface area contributed by atoms with Gasteiger partial charge in [-0.25, -0.2) is 0 Å². The maximum atomic E-state index is 4.42. The predicted molar refractivity (Wildman–Crippen MR) is 52.1 cm³/mol. The highest BCUT2D eigenvalue weighted by Gasteiger charge is 2.08. The zero-order valence-electron chi connectivity index (χ0n) is 7.03. The number of hydrogen-bond acceptors (Lipinski definition) is 2. The molecule has 0 amide bonds. The van der Waals surface area contributed by atoms with Gasteiger partial charge in [-0.3, -0.25) is 9.98 Å². The van der Waals surface area contributed by atoms with Gasteiger partial charge in [-0.1, -0.05) is 24.3 Å². The fourth-order valence-corrected chi connectivity index (χ4v) is 1.41. The molecule has 0 aromatic rings. The van der Waals surface area contributed by atoms with E-state index in [1.807, 2.05) is 0 Å². The van der Waals surface area contributed by atoms with Gasteiger partial charge in [0.1, 0.15) is 0 Å². The molecule has 0 bridgehead atoms. The first-order chi connectivity index (χ1) is 5.97. The molecule has 12 heavy (non-hydrogen) atoms. The van der Waals surface area contributed by atoms with Gasteiger partial charge in [0.25, 0.3) is 0 Å². The summed E-state index contributed by atoms with van der Waals surface area (Å²) in [5.74, 6) is 0. The topological polar surface area (TPSA) is 24.7 Å². The number of nitrogens with zero attached hydrogens (tertiary/aromatic N) is 2. The lowest BCUT2D eigenvalue weighted by atomic mass is 10.1. The van der Waals surface area contributed by atoms with Crippen LogP contribution in [0.15, 0.2) is 34.3 Å². The minimum Gasteiger partial charge on any atom is -0.283 e. The SMILES string of the molecule is C1=CCC(C2=NCC=CC2)=NC1. The molecular weight excluding hydrogens is 148 g/mol. The molecule has 0 aromatic carbocycles. The lowest BCUT2D eigenvalue weighted by molar-refractivity contribution is 1.14. The standard InChI is InChI=1S/C10H12N2/c1-3-7-11-9(5-1)10-6-2-4-8-12-10/h1-4H,5-8H2. The number of dihydropyridines is 2. The molecule has 62 valence electrons. The van der Waals surface area contributed by atoms with Gasteiger partial charge in [-0.05, 0) is 0 Å². The van der Waals surface area contributed by atoms with Crippen LogP contribution in [0.5, 0.6) is 0 Å². The van der Waals surface area contributed by atoms with Crippen molar-refractivity contribution in [3.8, 4) is 0 Å². The van der Waals surface area contributed by atoms with Crippen molar-refractivity contribution in [3.05, 3.63) is 24.3 Å². The highest BCUT2D eigenvalue weighted by molar-refractivity contribution is 6.43. The minimum absolute atomic E-state index is 0.831. The van der Waals surface area contributed by atoms with E-state index in [1.54, 1.807) is 0 Å². The van der Waals surface area contributed by atoms with Gasteiger partial charge < -0.3 is 0 Å². The van der Waals surface area contributed by atoms with Gasteiger partial charge in [0.2, 0.25) is 0 Å². The van der Waals surface area contributed by atoms with Crippen molar-refractivity contribution < 1.29 is 0 Å². The maximum Gasteiger partial charge on any atom is 0.0603 e. The summed E-state index contributed by atoms with van der Waals surface area (Å²) >= 11 is 0. The van der Waals surface area contributed by atoms with Crippen LogP contribution < -0.4 is 0 Å². The smallest absolute Gasteiger partial charge is 0.0603 e. The summed E-state index contributed by atoms with van der Waals surface area (Å²) in [6.45, 7) is 1.66. The molecule has 0 saturated heterocycles. The average molecular weight is 160 g/mol. The van der Waals surface area contributed by atoms with Crippen LogP contribution in [0, 0.1) is 0 Å². The minimum atomic E-state index is 0.831. The monoisotopic (exact) mass is 160 g/mol. The van der Waals surface area contributed by atoms with Crippen molar-refractivity contribution in [3.63, 3.8) is 0 Å². The van der Waals surface area contributed by atoms with E-state index in [4.69, 9.17) is 0 Å². The van der Waals surface area contributed by atoms with Crippen molar-refractivity contribution in [1.29, 1.82) is 0 Å². The van der Waals surface area contributed by atoms with Crippen molar-refractivity contribution in [1.82, 2.24) is 0 Å². The Labute approximate surface area is 72.4 Å². The number of allylic oxidation sites excluding steroid dienone is 2. The van der Waals surface area contributed by atoms with Crippen molar-refractivity contribution in [2.24, 2.45) is 9.98 Å². The van der Waals surface area contributed by atoms with Crippen molar-refractivity contribution in [2.75, 3.05) is 13.1 Å². The van der Waals surface area contributed by atoms with Crippen LogP contribution in [0.4, 0.5) is 0 Å². The Morgan fingerprint density at radius 3 is 1.58 bits per heavy atom. The summed E-state index contributed by atoms with van der Waals surface area (Å²) < 4.78 is 0. The summed E-state index contributed by atoms with van der Waals surface area (Å²) in [7, 11) is 0. The third kappa shape index (κ3) is 1.52. The van der Waals surface area contributed by atoms with Gasteiger partial charge >= 0.3 is 0 Å². The lowest BCUT2D eigenvalue weighted by Crippen LogP contribution is -2.17. The summed E-state index contributed by atoms with van der Waals surface area (Å²) in [5.41, 5.74) is 2.36. The Bertz CT molecular complexity index is 252. The van der Waals surface area contributed by atoms with E-state index in [2.05, 4.69) is 34.3 Å². The number of rotatable bonds is 1. The first-order valence-electron chi connectivity index (χ1n) is 4.34. The van der Waals surface area contributed by atoms with Crippen molar-refractivity contribution in [2.45, 2.75) is 12.8 Å². The van der Waals surface area contributed by atoms with Crippen LogP contribution in [0.25, 0.3) is 0 Å². The zero-order chi connectivity index (χ0) is 8.23. The van der Waals surface area contributed by atoms with E-state index in [1.165, 1.54) is 11.4 Å². The summed E-state index contributed by atoms with van der Waals surface area (Å²) in [6, 6.07) is 0. The number of hydrogen-bond donors (Lipinski definition) is 0. The third-order valence-electron chi connectivity index (χ3n) is 2.06. The Morgan fingerprint density at radius 2 is 1.25 bits per heavy atom. The fraction of sp³-hybridized carbons (Fsp3) is 0.400. The molecule has 2 rings (SSSR count). The van der Waals surface area contributed by atoms with E-state index in [0.717, 1.165) is 25.9 Å². The summed E-state index contributed by atoms with van der Waals surface area (Å²) in [6.07, 6.45) is 10.5. The highest BCUT2D eigenvalue weighted by Crippen LogP contribution is 2.06. The predicted octanol–water partition coefficient (Wildman–Crippen LogP) is 1.79. The van der Waals surface area contributed by atoms with Crippen LogP contribution in [0.2, 0.25) is 0 Å². The molecule has 2 heterocycles. The van der Waals surface area contributed by atoms with E-state index < -0.39 is 0 Å². The molecule has 0 radical (unpaired) electrons. The van der Waals surface area contributed by atoms with Crippen LogP contribution >= 0.6 is 0 Å². The van der Waals surface area contributed by atoms with Gasteiger partial charge in [-0.2, -0.15) is 0 Å². The van der Waals surface area contributed by atoms with Crippen LogP contribution in [-0.4, -0.2) is 24.5 Å². The Balaban J connectivity index is 2.08. The second-order valence-electron chi connectivity index (χ2n) is 2.93. The molecule has 0 N–H and O–H groups in total. The molecule has 0 saturated carbocycles. The average Bonchev–Trinajstić information content (AvgIpc) is 2.21. The third-order valence-corrected chi connectivity index (χ3v) is 2.06. The molecule has 0 unspecified atom stereocenters. The van der Waals surface area contributed by atoms with E-state index in [9.17, 15) is 0 Å². The first kappa shape index (κ1) is 7.47. The van der Waals surface area contributed by atoms with Gasteiger partial charge in [0.15, 0.2) is 0 Å².